The van der Waals surface area contributed by atoms with E-state index in [1.807, 2.05) is 24.3 Å². The van der Waals surface area contributed by atoms with Gasteiger partial charge in [-0.15, -0.1) is 0 Å². The molecule has 1 amide bonds. The van der Waals surface area contributed by atoms with Gasteiger partial charge in [-0.05, 0) is 23.8 Å². The number of carbonyl (C=O) groups excluding carboxylic acids is 1. The van der Waals surface area contributed by atoms with E-state index >= 15 is 0 Å². The first-order valence-electron chi connectivity index (χ1n) is 6.57. The van der Waals surface area contributed by atoms with E-state index in [1.165, 1.54) is 12.1 Å². The number of aromatic nitrogens is 1. The number of hydrogen-bond donors (Lipinski definition) is 2. The molecule has 3 rings (SSSR count). The predicted octanol–water partition coefficient (Wildman–Crippen LogP) is 2.05. The summed E-state index contributed by atoms with van der Waals surface area (Å²) < 4.78 is 5.76. The molecule has 3 N–H and O–H groups in total. The molecule has 1 aromatic carbocycles. The minimum absolute atomic E-state index is 0.0546. The summed E-state index contributed by atoms with van der Waals surface area (Å²) in [5, 5.41) is 3.02. The van der Waals surface area contributed by atoms with Gasteiger partial charge in [0.2, 0.25) is 0 Å². The highest BCUT2D eigenvalue weighted by Crippen LogP contribution is 2.27. The van der Waals surface area contributed by atoms with Crippen molar-refractivity contribution in [2.45, 2.75) is 12.5 Å². The van der Waals surface area contributed by atoms with E-state index in [0.717, 1.165) is 17.7 Å². The van der Waals surface area contributed by atoms with E-state index in [4.69, 9.17) is 22.1 Å². The van der Waals surface area contributed by atoms with Crippen LogP contribution in [-0.2, 0) is 6.42 Å². The molecule has 2 aromatic rings. The lowest BCUT2D eigenvalue weighted by Crippen LogP contribution is -2.34. The van der Waals surface area contributed by atoms with Crippen molar-refractivity contribution in [1.82, 2.24) is 10.3 Å². The lowest BCUT2D eigenvalue weighted by atomic mass is 10.1. The molecule has 0 bridgehead atoms. The second kappa shape index (κ2) is 5.61. The van der Waals surface area contributed by atoms with Crippen molar-refractivity contribution in [3.8, 4) is 5.75 Å². The van der Waals surface area contributed by atoms with Crippen molar-refractivity contribution in [3.63, 3.8) is 0 Å². The van der Waals surface area contributed by atoms with Crippen LogP contribution < -0.4 is 15.8 Å². The van der Waals surface area contributed by atoms with Crippen molar-refractivity contribution >= 4 is 23.3 Å². The van der Waals surface area contributed by atoms with E-state index in [2.05, 4.69) is 10.3 Å². The third-order valence-electron chi connectivity index (χ3n) is 3.28. The number of anilines is 1. The van der Waals surface area contributed by atoms with E-state index in [0.29, 0.717) is 12.1 Å². The molecular weight excluding hydrogens is 290 g/mol. The molecule has 0 aliphatic carbocycles. The number of nitrogens with one attached hydrogen (secondary N) is 1. The molecule has 108 valence electrons. The summed E-state index contributed by atoms with van der Waals surface area (Å²) in [7, 11) is 0. The van der Waals surface area contributed by atoms with Gasteiger partial charge in [-0.2, -0.15) is 0 Å². The minimum Gasteiger partial charge on any atom is -0.488 e. The van der Waals surface area contributed by atoms with Gasteiger partial charge in [-0.25, -0.2) is 4.98 Å². The maximum atomic E-state index is 12.1. The van der Waals surface area contributed by atoms with E-state index in [-0.39, 0.29) is 23.0 Å². The SMILES string of the molecule is Nc1cc(C(=O)NCC2Cc3ccccc3O2)cc(Cl)n1. The van der Waals surface area contributed by atoms with Gasteiger partial charge in [0.25, 0.3) is 5.91 Å². The van der Waals surface area contributed by atoms with E-state index in [9.17, 15) is 4.79 Å². The number of carbonyl (C=O) groups is 1. The van der Waals surface area contributed by atoms with Gasteiger partial charge < -0.3 is 15.8 Å². The number of nitrogens with zero attached hydrogens (tertiary/aromatic N) is 1. The lowest BCUT2D eigenvalue weighted by molar-refractivity contribution is 0.0933. The summed E-state index contributed by atoms with van der Waals surface area (Å²) >= 11 is 5.79. The predicted molar refractivity (Wildman–Crippen MR) is 80.6 cm³/mol. The average Bonchev–Trinajstić information content (AvgIpc) is 2.86. The first kappa shape index (κ1) is 13.7. The number of pyridine rings is 1. The molecule has 6 heteroatoms. The van der Waals surface area contributed by atoms with Gasteiger partial charge in [-0.3, -0.25) is 4.79 Å². The molecule has 0 saturated carbocycles. The molecule has 1 aliphatic rings. The van der Waals surface area contributed by atoms with Crippen LogP contribution >= 0.6 is 11.6 Å². The largest absolute Gasteiger partial charge is 0.488 e. The Hall–Kier alpha value is -2.27. The highest BCUT2D eigenvalue weighted by molar-refractivity contribution is 6.29. The van der Waals surface area contributed by atoms with E-state index < -0.39 is 0 Å². The van der Waals surface area contributed by atoms with Crippen LogP contribution in [0, 0.1) is 0 Å². The van der Waals surface area contributed by atoms with Crippen LogP contribution in [0.5, 0.6) is 5.75 Å². The van der Waals surface area contributed by atoms with Crippen molar-refractivity contribution in [2.75, 3.05) is 12.3 Å². The molecular formula is C15H14ClN3O2. The number of hydrogen-bond acceptors (Lipinski definition) is 4. The Kier molecular flexibility index (Phi) is 3.66. The molecule has 1 atom stereocenters. The number of nitrogens with two attached hydrogens (primary N) is 1. The maximum absolute atomic E-state index is 12.1. The van der Waals surface area contributed by atoms with Crippen LogP contribution in [0.25, 0.3) is 0 Å². The molecule has 0 radical (unpaired) electrons. The fraction of sp³-hybridized carbons (Fsp3) is 0.200. The fourth-order valence-electron chi connectivity index (χ4n) is 2.32. The molecule has 0 spiro atoms. The smallest absolute Gasteiger partial charge is 0.251 e. The summed E-state index contributed by atoms with van der Waals surface area (Å²) in [5.74, 6) is 0.857. The number of para-hydroxylation sites is 1. The summed E-state index contributed by atoms with van der Waals surface area (Å²) in [6, 6.07) is 10.8. The maximum Gasteiger partial charge on any atom is 0.251 e. The Bertz CT molecular complexity index is 645. The van der Waals surface area contributed by atoms with Gasteiger partial charge in [0, 0.05) is 12.0 Å². The molecule has 1 aliphatic heterocycles. The molecule has 1 unspecified atom stereocenters. The lowest BCUT2D eigenvalue weighted by Gasteiger charge is -2.12. The second-order valence-corrected chi connectivity index (χ2v) is 5.25. The number of fused-ring (bicyclic) bond motifs is 1. The highest BCUT2D eigenvalue weighted by atomic mass is 35.5. The zero-order valence-corrected chi connectivity index (χ0v) is 11.9. The van der Waals surface area contributed by atoms with Gasteiger partial charge in [0.05, 0.1) is 6.54 Å². The average molecular weight is 304 g/mol. The molecule has 5 nitrogen and oxygen atoms in total. The number of halogens is 1. The van der Waals surface area contributed by atoms with Crippen LogP contribution in [0.1, 0.15) is 15.9 Å². The van der Waals surface area contributed by atoms with Crippen molar-refractivity contribution in [1.29, 1.82) is 0 Å². The summed E-state index contributed by atoms with van der Waals surface area (Å²) in [6.07, 6.45) is 0.733. The number of benzene rings is 1. The van der Waals surface area contributed by atoms with Gasteiger partial charge in [0.15, 0.2) is 0 Å². The number of nitrogen functional groups attached to an aromatic ring is 1. The number of rotatable bonds is 3. The van der Waals surface area contributed by atoms with Crippen LogP contribution in [0.3, 0.4) is 0 Å². The fourth-order valence-corrected chi connectivity index (χ4v) is 2.54. The van der Waals surface area contributed by atoms with Crippen molar-refractivity contribution < 1.29 is 9.53 Å². The Labute approximate surface area is 127 Å². The Morgan fingerprint density at radius 2 is 2.24 bits per heavy atom. The molecule has 2 heterocycles. The van der Waals surface area contributed by atoms with Crippen LogP contribution in [0.2, 0.25) is 5.15 Å². The van der Waals surface area contributed by atoms with Crippen LogP contribution in [-0.4, -0.2) is 23.5 Å². The Morgan fingerprint density at radius 1 is 1.43 bits per heavy atom. The molecule has 0 saturated heterocycles. The summed E-state index contributed by atoms with van der Waals surface area (Å²) in [5.41, 5.74) is 7.12. The molecule has 0 fully saturated rings. The van der Waals surface area contributed by atoms with Gasteiger partial charge >= 0.3 is 0 Å². The zero-order valence-electron chi connectivity index (χ0n) is 11.2. The van der Waals surface area contributed by atoms with Crippen LogP contribution in [0.4, 0.5) is 5.82 Å². The van der Waals surface area contributed by atoms with E-state index in [1.54, 1.807) is 0 Å². The van der Waals surface area contributed by atoms with Crippen LogP contribution in [0.15, 0.2) is 36.4 Å². The summed E-state index contributed by atoms with van der Waals surface area (Å²) in [4.78, 5) is 15.9. The molecule has 21 heavy (non-hydrogen) atoms. The normalized spacial score (nSPS) is 16.1. The Balaban J connectivity index is 1.60. The topological polar surface area (TPSA) is 77.2 Å². The first-order valence-corrected chi connectivity index (χ1v) is 6.95. The third-order valence-corrected chi connectivity index (χ3v) is 3.47. The highest BCUT2D eigenvalue weighted by Gasteiger charge is 2.22. The minimum atomic E-state index is -0.245. The monoisotopic (exact) mass is 303 g/mol. The van der Waals surface area contributed by atoms with Crippen molar-refractivity contribution in [3.05, 3.63) is 52.7 Å². The standard InChI is InChI=1S/C15H14ClN3O2/c16-13-6-10(7-14(17)19-13)15(20)18-8-11-5-9-3-1-2-4-12(9)21-11/h1-4,6-7,11H,5,8H2,(H2,17,19)(H,18,20). The third kappa shape index (κ3) is 3.08. The Morgan fingerprint density at radius 3 is 3.00 bits per heavy atom. The zero-order chi connectivity index (χ0) is 14.8. The van der Waals surface area contributed by atoms with Crippen molar-refractivity contribution in [2.24, 2.45) is 0 Å². The quantitative estimate of drug-likeness (QED) is 0.851. The summed E-state index contributed by atoms with van der Waals surface area (Å²) in [6.45, 7) is 0.424. The first-order chi connectivity index (χ1) is 10.1. The molecule has 1 aromatic heterocycles. The van der Waals surface area contributed by atoms with Gasteiger partial charge in [0.1, 0.15) is 22.8 Å². The second-order valence-electron chi connectivity index (χ2n) is 4.87. The number of amides is 1. The number of ether oxygens (including phenoxy) is 1. The van der Waals surface area contributed by atoms with Gasteiger partial charge in [-0.1, -0.05) is 29.8 Å².